The first-order chi connectivity index (χ1) is 19.1. The van der Waals surface area contributed by atoms with Gasteiger partial charge in [0.1, 0.15) is 36.3 Å². The first-order valence-corrected chi connectivity index (χ1v) is 12.7. The molecule has 1 saturated carbocycles. The van der Waals surface area contributed by atoms with Gasteiger partial charge < -0.3 is 54.0 Å². The van der Waals surface area contributed by atoms with Crippen LogP contribution >= 0.6 is 0 Å². The number of hydrogen-bond acceptors (Lipinski definition) is 13. The Morgan fingerprint density at radius 1 is 0.975 bits per heavy atom. The number of rotatable bonds is 8. The number of ether oxygens (including phenoxy) is 6. The molecule has 3 aliphatic rings. The minimum Gasteiger partial charge on any atom is -0.497 e. The van der Waals surface area contributed by atoms with Crippen molar-refractivity contribution in [2.75, 3.05) is 20.8 Å². The van der Waals surface area contributed by atoms with Crippen LogP contribution in [0, 0.1) is 17.8 Å². The maximum atomic E-state index is 12.8. The van der Waals surface area contributed by atoms with Gasteiger partial charge in [0.15, 0.2) is 6.29 Å². The predicted molar refractivity (Wildman–Crippen MR) is 134 cm³/mol. The van der Waals surface area contributed by atoms with Crippen LogP contribution in [0.4, 0.5) is 0 Å². The lowest BCUT2D eigenvalue weighted by Gasteiger charge is -2.43. The summed E-state index contributed by atoms with van der Waals surface area (Å²) in [5.41, 5.74) is 0.701. The fourth-order valence-electron chi connectivity index (χ4n) is 5.33. The maximum absolute atomic E-state index is 12.8. The van der Waals surface area contributed by atoms with Crippen LogP contribution < -0.4 is 4.74 Å². The van der Waals surface area contributed by atoms with E-state index in [1.807, 2.05) is 0 Å². The smallest absolute Gasteiger partial charge is 0.337 e. The number of methoxy groups -OCH3 is 2. The van der Waals surface area contributed by atoms with Gasteiger partial charge in [-0.15, -0.1) is 0 Å². The van der Waals surface area contributed by atoms with E-state index in [0.717, 1.165) is 6.26 Å². The molecule has 1 aliphatic carbocycles. The highest BCUT2D eigenvalue weighted by atomic mass is 16.8. The van der Waals surface area contributed by atoms with E-state index in [4.69, 9.17) is 28.4 Å². The number of carbonyl (C=O) groups is 2. The molecule has 5 N–H and O–H groups in total. The lowest BCUT2D eigenvalue weighted by Crippen LogP contribution is -2.60. The zero-order chi connectivity index (χ0) is 29.1. The van der Waals surface area contributed by atoms with Gasteiger partial charge >= 0.3 is 11.9 Å². The van der Waals surface area contributed by atoms with Crippen LogP contribution in [0.3, 0.4) is 0 Å². The van der Waals surface area contributed by atoms with E-state index >= 15 is 0 Å². The van der Waals surface area contributed by atoms with Crippen molar-refractivity contribution in [3.8, 4) is 5.75 Å². The Morgan fingerprint density at radius 3 is 2.30 bits per heavy atom. The van der Waals surface area contributed by atoms with Gasteiger partial charge in [-0.05, 0) is 29.7 Å². The molecule has 4 rings (SSSR count). The van der Waals surface area contributed by atoms with Crippen LogP contribution in [-0.4, -0.2) is 108 Å². The Morgan fingerprint density at radius 2 is 1.68 bits per heavy atom. The van der Waals surface area contributed by atoms with Crippen molar-refractivity contribution in [3.63, 3.8) is 0 Å². The van der Waals surface area contributed by atoms with Crippen LogP contribution in [0.2, 0.25) is 0 Å². The highest BCUT2D eigenvalue weighted by Gasteiger charge is 2.59. The molecule has 0 aromatic heterocycles. The van der Waals surface area contributed by atoms with Crippen molar-refractivity contribution < 1.29 is 63.5 Å². The van der Waals surface area contributed by atoms with E-state index in [0.29, 0.717) is 11.3 Å². The molecule has 1 saturated heterocycles. The molecule has 0 bridgehead atoms. The molecule has 11 unspecified atom stereocenters. The number of esters is 2. The number of carbonyl (C=O) groups excluding carboxylic acids is 2. The van der Waals surface area contributed by atoms with Crippen LogP contribution in [-0.2, 0) is 33.3 Å². The average molecular weight is 567 g/mol. The highest BCUT2D eigenvalue weighted by Crippen LogP contribution is 2.49. The van der Waals surface area contributed by atoms with E-state index in [1.165, 1.54) is 26.4 Å². The predicted octanol–water partition coefficient (Wildman–Crippen LogP) is -0.907. The molecule has 1 aromatic rings. The van der Waals surface area contributed by atoms with Gasteiger partial charge in [-0.25, -0.2) is 9.59 Å². The van der Waals surface area contributed by atoms with E-state index in [1.54, 1.807) is 31.2 Å². The van der Waals surface area contributed by atoms with Gasteiger partial charge in [-0.3, -0.25) is 0 Å². The van der Waals surface area contributed by atoms with Crippen LogP contribution in [0.5, 0.6) is 5.75 Å². The normalized spacial score (nSPS) is 37.3. The van der Waals surface area contributed by atoms with Crippen molar-refractivity contribution in [1.82, 2.24) is 0 Å². The zero-order valence-electron chi connectivity index (χ0n) is 22.1. The van der Waals surface area contributed by atoms with Crippen molar-refractivity contribution >= 4 is 18.0 Å². The molecule has 40 heavy (non-hydrogen) atoms. The standard InChI is InChI=1S/C27H34O13/c1-12-18-19(24(20(12)30)39-17(29)9-6-13-4-7-14(35-2)8-5-13)15(25(34)36-3)11-37-26(18)40-27-23(33)22(32)21(31)16(10-28)38-27/h4-9,11-12,16,18-24,26-28,30-33H,10H2,1-3H3/b9-6+. The minimum absolute atomic E-state index is 0.00138. The second-order valence-electron chi connectivity index (χ2n) is 9.86. The Balaban J connectivity index is 1.55. The van der Waals surface area contributed by atoms with Gasteiger partial charge in [0.2, 0.25) is 6.29 Å². The number of aliphatic hydroxyl groups is 5. The maximum Gasteiger partial charge on any atom is 0.337 e. The SMILES string of the molecule is COC(=O)C1=COC(OC2OC(CO)C(O)C(O)C2O)C2C(C)C(O)C(OC(=O)/C=C/c3ccc(OC)cc3)C12. The third-order valence-corrected chi connectivity index (χ3v) is 7.57. The summed E-state index contributed by atoms with van der Waals surface area (Å²) in [7, 11) is 2.71. The second-order valence-corrected chi connectivity index (χ2v) is 9.86. The fraction of sp³-hybridized carbons (Fsp3) is 0.556. The van der Waals surface area contributed by atoms with Crippen LogP contribution in [0.1, 0.15) is 12.5 Å². The van der Waals surface area contributed by atoms with Crippen LogP contribution in [0.15, 0.2) is 42.2 Å². The molecule has 2 heterocycles. The van der Waals surface area contributed by atoms with E-state index in [2.05, 4.69) is 0 Å². The van der Waals surface area contributed by atoms with Gasteiger partial charge in [0.25, 0.3) is 0 Å². The lowest BCUT2D eigenvalue weighted by atomic mass is 9.82. The average Bonchev–Trinajstić information content (AvgIpc) is 3.21. The number of hydrogen-bond donors (Lipinski definition) is 5. The van der Waals surface area contributed by atoms with E-state index < -0.39 is 85.5 Å². The topological polar surface area (TPSA) is 191 Å². The quantitative estimate of drug-likeness (QED) is 0.192. The molecule has 13 heteroatoms. The van der Waals surface area contributed by atoms with Crippen molar-refractivity contribution in [1.29, 1.82) is 0 Å². The van der Waals surface area contributed by atoms with Crippen molar-refractivity contribution in [3.05, 3.63) is 47.7 Å². The molecule has 2 aliphatic heterocycles. The summed E-state index contributed by atoms with van der Waals surface area (Å²) in [5.74, 6) is -3.27. The van der Waals surface area contributed by atoms with Gasteiger partial charge in [-0.1, -0.05) is 19.1 Å². The highest BCUT2D eigenvalue weighted by molar-refractivity contribution is 5.90. The molecule has 0 radical (unpaired) electrons. The van der Waals surface area contributed by atoms with Gasteiger partial charge in [-0.2, -0.15) is 0 Å². The third-order valence-electron chi connectivity index (χ3n) is 7.57. The van der Waals surface area contributed by atoms with Crippen LogP contribution in [0.25, 0.3) is 6.08 Å². The molecular formula is C27H34O13. The molecular weight excluding hydrogens is 532 g/mol. The summed E-state index contributed by atoms with van der Waals surface area (Å²) in [5, 5.41) is 51.2. The molecule has 220 valence electrons. The Labute approximate surface area is 230 Å². The summed E-state index contributed by atoms with van der Waals surface area (Å²) in [4.78, 5) is 25.4. The summed E-state index contributed by atoms with van der Waals surface area (Å²) in [6.07, 6.45) is -7.64. The largest absolute Gasteiger partial charge is 0.497 e. The zero-order valence-corrected chi connectivity index (χ0v) is 22.1. The van der Waals surface area contributed by atoms with E-state index in [-0.39, 0.29) is 5.57 Å². The monoisotopic (exact) mass is 566 g/mol. The fourth-order valence-corrected chi connectivity index (χ4v) is 5.33. The Hall–Kier alpha value is -3.04. The molecule has 2 fully saturated rings. The Kier molecular flexibility index (Phi) is 9.46. The molecule has 13 nitrogen and oxygen atoms in total. The first-order valence-electron chi connectivity index (χ1n) is 12.7. The van der Waals surface area contributed by atoms with Gasteiger partial charge in [0, 0.05) is 17.9 Å². The van der Waals surface area contributed by atoms with Crippen molar-refractivity contribution in [2.45, 2.75) is 56.1 Å². The summed E-state index contributed by atoms with van der Waals surface area (Å²) in [6.45, 7) is 0.989. The number of benzene rings is 1. The van der Waals surface area contributed by atoms with Gasteiger partial charge in [0.05, 0.1) is 38.8 Å². The molecule has 0 spiro atoms. The second kappa shape index (κ2) is 12.6. The lowest BCUT2D eigenvalue weighted by molar-refractivity contribution is -0.343. The Bertz CT molecular complexity index is 1100. The van der Waals surface area contributed by atoms with E-state index in [9.17, 15) is 35.1 Å². The molecule has 11 atom stereocenters. The third kappa shape index (κ3) is 5.86. The number of aliphatic hydroxyl groups excluding tert-OH is 5. The van der Waals surface area contributed by atoms with Crippen molar-refractivity contribution in [2.24, 2.45) is 17.8 Å². The molecule has 0 amide bonds. The summed E-state index contributed by atoms with van der Waals surface area (Å²) in [6, 6.07) is 6.93. The summed E-state index contributed by atoms with van der Waals surface area (Å²) >= 11 is 0. The molecule has 1 aromatic carbocycles. The first kappa shape index (κ1) is 29.9. The summed E-state index contributed by atoms with van der Waals surface area (Å²) < 4.78 is 32.5. The minimum atomic E-state index is -1.70. The number of fused-ring (bicyclic) bond motifs is 1.